The number of carboxylic acids is 1. The van der Waals surface area contributed by atoms with E-state index in [9.17, 15) is 9.59 Å². The summed E-state index contributed by atoms with van der Waals surface area (Å²) in [6.45, 7) is 0.151. The minimum absolute atomic E-state index is 0.0415. The van der Waals surface area contributed by atoms with E-state index >= 15 is 0 Å². The fraction of sp³-hybridized carbons (Fsp3) is 0.300. The van der Waals surface area contributed by atoms with Crippen molar-refractivity contribution in [2.45, 2.75) is 13.0 Å². The Morgan fingerprint density at radius 2 is 2.21 bits per heavy atom. The molecule has 0 unspecified atom stereocenters. The maximum atomic E-state index is 11.1. The zero-order chi connectivity index (χ0) is 14.0. The molecule has 0 aliphatic carbocycles. The summed E-state index contributed by atoms with van der Waals surface area (Å²) in [4.78, 5) is 26.0. The molecule has 19 heavy (non-hydrogen) atoms. The van der Waals surface area contributed by atoms with Crippen LogP contribution in [0.3, 0.4) is 0 Å². The summed E-state index contributed by atoms with van der Waals surface area (Å²) in [6, 6.07) is 0. The third-order valence-corrected chi connectivity index (χ3v) is 2.54. The van der Waals surface area contributed by atoms with E-state index in [2.05, 4.69) is 15.3 Å². The highest BCUT2D eigenvalue weighted by molar-refractivity contribution is 5.91. The van der Waals surface area contributed by atoms with Crippen molar-refractivity contribution < 1.29 is 14.7 Å². The van der Waals surface area contributed by atoms with Crippen molar-refractivity contribution >= 4 is 11.9 Å². The van der Waals surface area contributed by atoms with Crippen LogP contribution in [0.5, 0.6) is 0 Å². The topological polar surface area (TPSA) is 129 Å². The van der Waals surface area contributed by atoms with Crippen LogP contribution >= 0.6 is 0 Å². The summed E-state index contributed by atoms with van der Waals surface area (Å²) in [5.41, 5.74) is 5.11. The molecule has 0 aromatic carbocycles. The molecule has 9 heteroatoms. The number of hydrogen-bond donors (Lipinski definition) is 2. The Morgan fingerprint density at radius 3 is 2.74 bits per heavy atom. The van der Waals surface area contributed by atoms with E-state index < -0.39 is 11.9 Å². The summed E-state index contributed by atoms with van der Waals surface area (Å²) in [5, 5.41) is 16.4. The molecule has 2 rings (SSSR count). The molecular weight excluding hydrogens is 252 g/mol. The Balaban J connectivity index is 2.48. The molecule has 0 bridgehead atoms. The number of carbonyl (C=O) groups excluding carboxylic acids is 1. The van der Waals surface area contributed by atoms with Gasteiger partial charge in [0, 0.05) is 25.9 Å². The summed E-state index contributed by atoms with van der Waals surface area (Å²) in [7, 11) is 1.72. The number of aromatic nitrogens is 5. The zero-order valence-corrected chi connectivity index (χ0v) is 10.1. The Labute approximate surface area is 107 Å². The van der Waals surface area contributed by atoms with Crippen molar-refractivity contribution in [3.05, 3.63) is 18.1 Å². The number of hydrogen-bond acceptors (Lipinski definition) is 5. The average Bonchev–Trinajstić information content (AvgIpc) is 2.91. The second-order valence-corrected chi connectivity index (χ2v) is 3.89. The van der Waals surface area contributed by atoms with Crippen molar-refractivity contribution in [3.8, 4) is 11.5 Å². The number of carbonyl (C=O) groups is 2. The van der Waals surface area contributed by atoms with Gasteiger partial charge in [0.2, 0.25) is 11.6 Å². The number of carboxylic acid groups (broad SMARTS) is 1. The van der Waals surface area contributed by atoms with Gasteiger partial charge in [-0.15, -0.1) is 5.10 Å². The van der Waals surface area contributed by atoms with Gasteiger partial charge >= 0.3 is 5.97 Å². The van der Waals surface area contributed by atoms with Gasteiger partial charge in [-0.25, -0.2) is 14.5 Å². The minimum Gasteiger partial charge on any atom is -0.476 e. The zero-order valence-electron chi connectivity index (χ0n) is 10.1. The van der Waals surface area contributed by atoms with Gasteiger partial charge in [-0.2, -0.15) is 0 Å². The highest BCUT2D eigenvalue weighted by Gasteiger charge is 2.23. The maximum Gasteiger partial charge on any atom is 0.358 e. The van der Waals surface area contributed by atoms with Gasteiger partial charge in [0.05, 0.1) is 6.54 Å². The Morgan fingerprint density at radius 1 is 1.47 bits per heavy atom. The molecule has 2 aromatic heterocycles. The number of nitrogens with two attached hydrogens (primary N) is 1. The summed E-state index contributed by atoms with van der Waals surface area (Å²) in [6.07, 6.45) is 3.25. The van der Waals surface area contributed by atoms with Crippen LogP contribution in [-0.2, 0) is 18.4 Å². The average molecular weight is 264 g/mol. The highest BCUT2D eigenvalue weighted by Crippen LogP contribution is 2.20. The number of rotatable bonds is 5. The Hall–Kier alpha value is -2.71. The van der Waals surface area contributed by atoms with Crippen molar-refractivity contribution in [2.24, 2.45) is 12.8 Å². The van der Waals surface area contributed by atoms with Gasteiger partial charge in [0.15, 0.2) is 5.82 Å². The lowest BCUT2D eigenvalue weighted by Gasteiger charge is -2.05. The first kappa shape index (κ1) is 12.7. The van der Waals surface area contributed by atoms with Crippen LogP contribution in [-0.4, -0.2) is 41.5 Å². The molecule has 0 radical (unpaired) electrons. The van der Waals surface area contributed by atoms with E-state index in [1.54, 1.807) is 17.8 Å². The molecule has 1 amide bonds. The van der Waals surface area contributed by atoms with Crippen LogP contribution < -0.4 is 5.73 Å². The molecule has 3 N–H and O–H groups in total. The predicted octanol–water partition coefficient (Wildman–Crippen LogP) is -0.748. The van der Waals surface area contributed by atoms with Gasteiger partial charge in [-0.3, -0.25) is 4.79 Å². The fourth-order valence-corrected chi connectivity index (χ4v) is 1.64. The third-order valence-electron chi connectivity index (χ3n) is 2.54. The minimum atomic E-state index is -1.21. The molecule has 2 aromatic rings. The molecule has 9 nitrogen and oxygen atoms in total. The van der Waals surface area contributed by atoms with Crippen LogP contribution in [0.4, 0.5) is 0 Å². The number of aromatic carboxylic acids is 1. The smallest absolute Gasteiger partial charge is 0.358 e. The van der Waals surface area contributed by atoms with Crippen LogP contribution in [0.25, 0.3) is 11.5 Å². The normalized spacial score (nSPS) is 10.6. The molecular formula is C10H12N6O3. The largest absolute Gasteiger partial charge is 0.476 e. The lowest BCUT2D eigenvalue weighted by Crippen LogP contribution is -2.16. The van der Waals surface area contributed by atoms with Crippen LogP contribution in [0.15, 0.2) is 12.4 Å². The van der Waals surface area contributed by atoms with Crippen LogP contribution in [0.2, 0.25) is 0 Å². The molecule has 100 valence electrons. The fourth-order valence-electron chi connectivity index (χ4n) is 1.64. The van der Waals surface area contributed by atoms with E-state index in [4.69, 9.17) is 10.8 Å². The summed E-state index contributed by atoms with van der Waals surface area (Å²) in [5.74, 6) is -1.30. The van der Waals surface area contributed by atoms with E-state index in [0.29, 0.717) is 5.82 Å². The van der Waals surface area contributed by atoms with Crippen molar-refractivity contribution in [1.29, 1.82) is 0 Å². The Kier molecular flexibility index (Phi) is 3.27. The molecule has 0 saturated heterocycles. The Bertz CT molecular complexity index is 629. The quantitative estimate of drug-likeness (QED) is 0.731. The van der Waals surface area contributed by atoms with Crippen molar-refractivity contribution in [3.63, 3.8) is 0 Å². The molecule has 0 spiro atoms. The van der Waals surface area contributed by atoms with Gasteiger partial charge in [-0.05, 0) is 0 Å². The van der Waals surface area contributed by atoms with Gasteiger partial charge in [0.25, 0.3) is 0 Å². The van der Waals surface area contributed by atoms with Gasteiger partial charge < -0.3 is 15.4 Å². The lowest BCUT2D eigenvalue weighted by atomic mass is 10.3. The highest BCUT2D eigenvalue weighted by atomic mass is 16.4. The van der Waals surface area contributed by atoms with Gasteiger partial charge in [0.1, 0.15) is 5.69 Å². The van der Waals surface area contributed by atoms with E-state index in [0.717, 1.165) is 0 Å². The van der Waals surface area contributed by atoms with Crippen molar-refractivity contribution in [1.82, 2.24) is 24.5 Å². The molecule has 0 aliphatic rings. The first-order chi connectivity index (χ1) is 9.00. The monoisotopic (exact) mass is 264 g/mol. The first-order valence-corrected chi connectivity index (χ1v) is 5.43. The second kappa shape index (κ2) is 4.88. The molecule has 0 aliphatic heterocycles. The summed E-state index contributed by atoms with van der Waals surface area (Å²) >= 11 is 0. The standard InChI is InChI=1S/C10H12N6O3/c1-15-5-3-12-9(15)8-7(10(18)19)13-14-16(8)4-2-6(11)17/h3,5H,2,4H2,1H3,(H2,11,17)(H,18,19). The van der Waals surface area contributed by atoms with E-state index in [1.807, 2.05) is 0 Å². The molecule has 0 saturated carbocycles. The van der Waals surface area contributed by atoms with Crippen LogP contribution in [0, 0.1) is 0 Å². The number of imidazole rings is 1. The molecule has 2 heterocycles. The third kappa shape index (κ3) is 2.44. The lowest BCUT2D eigenvalue weighted by molar-refractivity contribution is -0.118. The molecule has 0 atom stereocenters. The molecule has 0 fully saturated rings. The number of aryl methyl sites for hydroxylation is 2. The number of amides is 1. The summed E-state index contributed by atoms with van der Waals surface area (Å²) < 4.78 is 2.96. The van der Waals surface area contributed by atoms with Gasteiger partial charge in [-0.1, -0.05) is 5.21 Å². The first-order valence-electron chi connectivity index (χ1n) is 5.43. The number of nitrogens with zero attached hydrogens (tertiary/aromatic N) is 5. The number of primary amides is 1. The predicted molar refractivity (Wildman–Crippen MR) is 63.0 cm³/mol. The van der Waals surface area contributed by atoms with E-state index in [-0.39, 0.29) is 24.4 Å². The SMILES string of the molecule is Cn1ccnc1-c1c(C(=O)O)nnn1CCC(N)=O. The van der Waals surface area contributed by atoms with Crippen molar-refractivity contribution in [2.75, 3.05) is 0 Å². The van der Waals surface area contributed by atoms with Crippen LogP contribution in [0.1, 0.15) is 16.9 Å². The van der Waals surface area contributed by atoms with E-state index in [1.165, 1.54) is 10.9 Å². The maximum absolute atomic E-state index is 11.1. The second-order valence-electron chi connectivity index (χ2n) is 3.89.